The molecule has 4 rings (SSSR count). The maximum absolute atomic E-state index is 13.0. The molecule has 12 heteroatoms. The number of carboxylic acid groups (broad SMARTS) is 1. The van der Waals surface area contributed by atoms with E-state index in [0.29, 0.717) is 33.4 Å². The van der Waals surface area contributed by atoms with Crippen LogP contribution in [0.25, 0.3) is 21.9 Å². The molecule has 2 aromatic carbocycles. The zero-order valence-corrected chi connectivity index (χ0v) is 27.6. The topological polar surface area (TPSA) is 168 Å². The number of carbonyl (C=O) groups excluding carboxylic acids is 3. The summed E-state index contributed by atoms with van der Waals surface area (Å²) in [5.74, 6) is -1.92. The summed E-state index contributed by atoms with van der Waals surface area (Å²) in [4.78, 5) is 63.4. The Kier molecular flexibility index (Phi) is 10.9. The Bertz CT molecular complexity index is 1840. The Hall–Kier alpha value is -4.58. The van der Waals surface area contributed by atoms with E-state index >= 15 is 0 Å². The number of hydrogen-bond donors (Lipinski definition) is 4. The van der Waals surface area contributed by atoms with Gasteiger partial charge < -0.3 is 29.9 Å². The summed E-state index contributed by atoms with van der Waals surface area (Å²) >= 11 is 1.37. The van der Waals surface area contributed by atoms with Gasteiger partial charge in [-0.1, -0.05) is 44.2 Å². The molecule has 46 heavy (non-hydrogen) atoms. The first kappa shape index (κ1) is 34.3. The van der Waals surface area contributed by atoms with Gasteiger partial charge in [-0.05, 0) is 56.4 Å². The average Bonchev–Trinajstić information content (AvgIpc) is 3.30. The summed E-state index contributed by atoms with van der Waals surface area (Å²) in [7, 11) is 0. The van der Waals surface area contributed by atoms with Gasteiger partial charge in [0.25, 0.3) is 0 Å². The maximum atomic E-state index is 13.0. The molecule has 4 N–H and O–H groups in total. The quantitative estimate of drug-likeness (QED) is 0.156. The van der Waals surface area contributed by atoms with Crippen molar-refractivity contribution in [2.75, 3.05) is 12.3 Å². The number of benzene rings is 2. The highest BCUT2D eigenvalue weighted by Gasteiger charge is 2.29. The van der Waals surface area contributed by atoms with Gasteiger partial charge in [0.2, 0.25) is 17.7 Å². The van der Waals surface area contributed by atoms with E-state index < -0.39 is 47.9 Å². The first-order valence-electron chi connectivity index (χ1n) is 14.9. The molecule has 2 atom stereocenters. The number of nitrogens with one attached hydrogen (secondary N) is 3. The number of carboxylic acids is 1. The molecule has 0 radical (unpaired) electrons. The van der Waals surface area contributed by atoms with Crippen LogP contribution >= 0.6 is 11.8 Å². The standard InChI is InChI=1S/C34H39N3O8S/c1-17(2)29(32(40)36-26(33(41)42)16-46-15-22-10-8-7-9-11-22)37-28(39)14-35-27(38)13-25-19(4)24-12-23-18(3)21(6)44-30(23)20(5)31(24)45-34(25)43/h7-12,17,26,29H,13-16H2,1-6H3,(H,35,38)(H,36,40)(H,37,39)(H,41,42)/t26-,29-/m1/s1. The van der Waals surface area contributed by atoms with E-state index in [4.69, 9.17) is 8.83 Å². The first-order valence-corrected chi connectivity index (χ1v) is 16.1. The highest BCUT2D eigenvalue weighted by Crippen LogP contribution is 2.34. The third kappa shape index (κ3) is 7.79. The van der Waals surface area contributed by atoms with E-state index in [1.165, 1.54) is 11.8 Å². The van der Waals surface area contributed by atoms with Gasteiger partial charge >= 0.3 is 11.6 Å². The van der Waals surface area contributed by atoms with Crippen molar-refractivity contribution in [3.05, 3.63) is 80.4 Å². The molecule has 0 spiro atoms. The van der Waals surface area contributed by atoms with E-state index in [1.54, 1.807) is 20.8 Å². The average molecular weight is 650 g/mol. The zero-order valence-electron chi connectivity index (χ0n) is 26.7. The monoisotopic (exact) mass is 649 g/mol. The van der Waals surface area contributed by atoms with Crippen LogP contribution in [-0.4, -0.2) is 53.2 Å². The Morgan fingerprint density at radius 3 is 2.17 bits per heavy atom. The molecule has 0 aliphatic rings. The van der Waals surface area contributed by atoms with Crippen molar-refractivity contribution in [2.45, 2.75) is 65.8 Å². The Morgan fingerprint density at radius 2 is 1.52 bits per heavy atom. The van der Waals surface area contributed by atoms with Crippen molar-refractivity contribution in [3.8, 4) is 0 Å². The van der Waals surface area contributed by atoms with Crippen LogP contribution < -0.4 is 21.6 Å². The molecule has 244 valence electrons. The third-order valence-corrected chi connectivity index (χ3v) is 9.11. The molecule has 0 unspecified atom stereocenters. The second-order valence-electron chi connectivity index (χ2n) is 11.7. The summed E-state index contributed by atoms with van der Waals surface area (Å²) in [6.07, 6.45) is -0.313. The van der Waals surface area contributed by atoms with Gasteiger partial charge in [-0.3, -0.25) is 14.4 Å². The lowest BCUT2D eigenvalue weighted by Crippen LogP contribution is -2.55. The zero-order chi connectivity index (χ0) is 33.7. The fraction of sp³-hybridized carbons (Fsp3) is 0.382. The van der Waals surface area contributed by atoms with Crippen molar-refractivity contribution in [1.82, 2.24) is 16.0 Å². The highest BCUT2D eigenvalue weighted by molar-refractivity contribution is 7.98. The molecule has 3 amide bonds. The van der Waals surface area contributed by atoms with Gasteiger partial charge in [-0.15, -0.1) is 0 Å². The number of aryl methyl sites for hydroxylation is 4. The van der Waals surface area contributed by atoms with Crippen molar-refractivity contribution >= 4 is 57.4 Å². The smallest absolute Gasteiger partial charge is 0.340 e. The minimum atomic E-state index is -1.18. The predicted molar refractivity (Wildman–Crippen MR) is 177 cm³/mol. The van der Waals surface area contributed by atoms with Crippen LogP contribution in [0, 0.1) is 33.6 Å². The molecule has 2 aromatic heterocycles. The van der Waals surface area contributed by atoms with E-state index in [9.17, 15) is 29.1 Å². The van der Waals surface area contributed by atoms with Gasteiger partial charge in [0, 0.05) is 27.8 Å². The van der Waals surface area contributed by atoms with Gasteiger partial charge in [0.15, 0.2) is 0 Å². The lowest BCUT2D eigenvalue weighted by molar-refractivity contribution is -0.141. The summed E-state index contributed by atoms with van der Waals surface area (Å²) in [6, 6.07) is 9.26. The molecule has 11 nitrogen and oxygen atoms in total. The number of hydrogen-bond acceptors (Lipinski definition) is 8. The predicted octanol–water partition coefficient (Wildman–Crippen LogP) is 4.08. The molecule has 0 saturated carbocycles. The second-order valence-corrected chi connectivity index (χ2v) is 12.7. The molecule has 0 fully saturated rings. The van der Waals surface area contributed by atoms with Crippen molar-refractivity contribution < 1.29 is 33.1 Å². The molecule has 0 bridgehead atoms. The molecule has 2 heterocycles. The Labute approximate surface area is 270 Å². The van der Waals surface area contributed by atoms with E-state index in [0.717, 1.165) is 22.3 Å². The summed E-state index contributed by atoms with van der Waals surface area (Å²) in [6.45, 7) is 10.4. The Balaban J connectivity index is 1.36. The number of furan rings is 1. The Morgan fingerprint density at radius 1 is 0.870 bits per heavy atom. The number of aliphatic carboxylic acids is 1. The summed E-state index contributed by atoms with van der Waals surface area (Å²) in [5, 5.41) is 18.9. The SMILES string of the molecule is Cc1oc2c(C)c3oc(=O)c(CC(=O)NCC(=O)N[C@@H](C(=O)N[C@H](CSCc4ccccc4)C(=O)O)C(C)C)c(C)c3cc2c1C. The van der Waals surface area contributed by atoms with E-state index in [2.05, 4.69) is 16.0 Å². The minimum Gasteiger partial charge on any atom is -0.480 e. The summed E-state index contributed by atoms with van der Waals surface area (Å²) < 4.78 is 11.5. The minimum absolute atomic E-state index is 0.138. The van der Waals surface area contributed by atoms with Gasteiger partial charge in [-0.2, -0.15) is 11.8 Å². The molecular weight excluding hydrogens is 610 g/mol. The van der Waals surface area contributed by atoms with Crippen LogP contribution in [-0.2, 0) is 31.4 Å². The highest BCUT2D eigenvalue weighted by atomic mass is 32.2. The largest absolute Gasteiger partial charge is 0.480 e. The van der Waals surface area contributed by atoms with E-state index in [-0.39, 0.29) is 23.7 Å². The molecular formula is C34H39N3O8S. The van der Waals surface area contributed by atoms with Gasteiger partial charge in [-0.25, -0.2) is 9.59 Å². The van der Waals surface area contributed by atoms with Crippen molar-refractivity contribution in [2.24, 2.45) is 5.92 Å². The number of thioether (sulfide) groups is 1. The maximum Gasteiger partial charge on any atom is 0.340 e. The van der Waals surface area contributed by atoms with Crippen LogP contribution in [0.1, 0.15) is 47.4 Å². The first-order chi connectivity index (χ1) is 21.8. The van der Waals surface area contributed by atoms with Crippen LogP contribution in [0.4, 0.5) is 0 Å². The van der Waals surface area contributed by atoms with Crippen LogP contribution in [0.5, 0.6) is 0 Å². The van der Waals surface area contributed by atoms with Crippen LogP contribution in [0.2, 0.25) is 0 Å². The van der Waals surface area contributed by atoms with Crippen LogP contribution in [0.3, 0.4) is 0 Å². The lowest BCUT2D eigenvalue weighted by Gasteiger charge is -2.24. The fourth-order valence-corrected chi connectivity index (χ4v) is 6.17. The normalized spacial score (nSPS) is 12.7. The molecule has 0 aliphatic carbocycles. The fourth-order valence-electron chi connectivity index (χ4n) is 5.16. The second kappa shape index (κ2) is 14.7. The third-order valence-electron chi connectivity index (χ3n) is 8.00. The lowest BCUT2D eigenvalue weighted by atomic mass is 9.99. The van der Waals surface area contributed by atoms with Crippen molar-refractivity contribution in [1.29, 1.82) is 0 Å². The number of fused-ring (bicyclic) bond motifs is 2. The van der Waals surface area contributed by atoms with Gasteiger partial charge in [0.05, 0.1) is 18.5 Å². The number of amides is 3. The molecule has 0 saturated heterocycles. The molecule has 4 aromatic rings. The van der Waals surface area contributed by atoms with Crippen LogP contribution in [0.15, 0.2) is 50.0 Å². The summed E-state index contributed by atoms with van der Waals surface area (Å²) in [5.41, 5.74) is 3.86. The number of carbonyl (C=O) groups is 4. The van der Waals surface area contributed by atoms with E-state index in [1.807, 2.05) is 57.2 Å². The molecule has 0 aliphatic heterocycles. The van der Waals surface area contributed by atoms with Gasteiger partial charge in [0.1, 0.15) is 29.0 Å². The number of rotatable bonds is 13. The van der Waals surface area contributed by atoms with Crippen molar-refractivity contribution in [3.63, 3.8) is 0 Å².